The molecule has 0 saturated carbocycles. The zero-order valence-corrected chi connectivity index (χ0v) is 12.0. The Balaban J connectivity index is 2.68. The second-order valence-corrected chi connectivity index (χ2v) is 4.84. The van der Waals surface area contributed by atoms with Gasteiger partial charge in [0, 0.05) is 4.47 Å². The number of carbonyl (C=O) groups excluding carboxylic acids is 1. The first-order valence-electron chi connectivity index (χ1n) is 6.14. The summed E-state index contributed by atoms with van der Waals surface area (Å²) in [4.78, 5) is 11.5. The molecule has 1 aromatic rings. The zero-order chi connectivity index (χ0) is 12.7. The van der Waals surface area contributed by atoms with Gasteiger partial charge in [0.15, 0.2) is 0 Å². The lowest BCUT2D eigenvalue weighted by Gasteiger charge is -2.07. The predicted octanol–water partition coefficient (Wildman–Crippen LogP) is 4.36. The molecule has 0 bridgehead atoms. The maximum Gasteiger partial charge on any atom is 0.338 e. The summed E-state index contributed by atoms with van der Waals surface area (Å²) in [5.74, 6) is -0.256. The molecule has 0 aliphatic carbocycles. The Labute approximate surface area is 111 Å². The maximum atomic E-state index is 11.5. The number of rotatable bonds is 6. The average molecular weight is 299 g/mol. The van der Waals surface area contributed by atoms with E-state index in [1.54, 1.807) is 0 Å². The molecule has 17 heavy (non-hydrogen) atoms. The van der Waals surface area contributed by atoms with Gasteiger partial charge in [-0.2, -0.15) is 0 Å². The Hall–Kier alpha value is -0.830. The summed E-state index contributed by atoms with van der Waals surface area (Å²) in [5, 5.41) is 0. The van der Waals surface area contributed by atoms with Gasteiger partial charge in [-0.25, -0.2) is 4.79 Å². The van der Waals surface area contributed by atoms with E-state index in [4.69, 9.17) is 4.74 Å². The Bertz CT molecular complexity index is 374. The summed E-state index contributed by atoms with van der Waals surface area (Å²) >= 11 is 3.51. The molecule has 0 aliphatic rings. The van der Waals surface area contributed by atoms with Crippen LogP contribution in [0, 0.1) is 0 Å². The zero-order valence-electron chi connectivity index (χ0n) is 10.5. The van der Waals surface area contributed by atoms with Crippen molar-refractivity contribution >= 4 is 21.9 Å². The minimum Gasteiger partial charge on any atom is -0.462 e. The third-order valence-electron chi connectivity index (χ3n) is 2.61. The Morgan fingerprint density at radius 2 is 2.06 bits per heavy atom. The quantitative estimate of drug-likeness (QED) is 0.576. The molecule has 0 radical (unpaired) electrons. The molecule has 1 aromatic carbocycles. The van der Waals surface area contributed by atoms with Crippen molar-refractivity contribution in [2.24, 2.45) is 0 Å². The van der Waals surface area contributed by atoms with Crippen LogP contribution in [0.25, 0.3) is 0 Å². The SMILES string of the molecule is CCCCCc1ccc(C(=O)OCC)cc1Br. The van der Waals surface area contributed by atoms with Gasteiger partial charge in [-0.05, 0) is 37.5 Å². The number of hydrogen-bond acceptors (Lipinski definition) is 2. The molecule has 0 fully saturated rings. The normalized spacial score (nSPS) is 10.3. The van der Waals surface area contributed by atoms with Gasteiger partial charge in [-0.1, -0.05) is 41.8 Å². The van der Waals surface area contributed by atoms with Crippen molar-refractivity contribution in [2.75, 3.05) is 6.61 Å². The molecule has 0 unspecified atom stereocenters. The first-order chi connectivity index (χ1) is 8.19. The topological polar surface area (TPSA) is 26.3 Å². The molecule has 3 heteroatoms. The summed E-state index contributed by atoms with van der Waals surface area (Å²) in [6.07, 6.45) is 4.70. The molecule has 0 saturated heterocycles. The van der Waals surface area contributed by atoms with Crippen molar-refractivity contribution in [3.05, 3.63) is 33.8 Å². The molecule has 0 atom stereocenters. The molecule has 0 spiro atoms. The lowest BCUT2D eigenvalue weighted by atomic mass is 10.1. The molecule has 0 aromatic heterocycles. The van der Waals surface area contributed by atoms with Crippen molar-refractivity contribution in [2.45, 2.75) is 39.5 Å². The van der Waals surface area contributed by atoms with Gasteiger partial charge < -0.3 is 4.74 Å². The van der Waals surface area contributed by atoms with Crippen LogP contribution in [0.4, 0.5) is 0 Å². The number of hydrogen-bond donors (Lipinski definition) is 0. The molecule has 0 amide bonds. The molecular weight excluding hydrogens is 280 g/mol. The van der Waals surface area contributed by atoms with Crippen LogP contribution in [0.1, 0.15) is 49.0 Å². The standard InChI is InChI=1S/C14H19BrO2/c1-3-5-6-7-11-8-9-12(10-13(11)15)14(16)17-4-2/h8-10H,3-7H2,1-2H3. The number of aryl methyl sites for hydroxylation is 1. The van der Waals surface area contributed by atoms with Crippen LogP contribution in [0.2, 0.25) is 0 Å². The molecule has 0 aliphatic heterocycles. The second-order valence-electron chi connectivity index (χ2n) is 3.98. The van der Waals surface area contributed by atoms with Crippen molar-refractivity contribution in [3.8, 4) is 0 Å². The van der Waals surface area contributed by atoms with E-state index in [2.05, 4.69) is 22.9 Å². The summed E-state index contributed by atoms with van der Waals surface area (Å²) in [7, 11) is 0. The fourth-order valence-corrected chi connectivity index (χ4v) is 2.23. The Kier molecular flexibility index (Phi) is 6.27. The monoisotopic (exact) mass is 298 g/mol. The van der Waals surface area contributed by atoms with Gasteiger partial charge in [0.05, 0.1) is 12.2 Å². The smallest absolute Gasteiger partial charge is 0.338 e. The van der Waals surface area contributed by atoms with Crippen LogP contribution in [-0.2, 0) is 11.2 Å². The lowest BCUT2D eigenvalue weighted by molar-refractivity contribution is 0.0526. The fourth-order valence-electron chi connectivity index (χ4n) is 1.66. The number of carbonyl (C=O) groups is 1. The van der Waals surface area contributed by atoms with Crippen molar-refractivity contribution in [3.63, 3.8) is 0 Å². The van der Waals surface area contributed by atoms with Crippen LogP contribution in [0.15, 0.2) is 22.7 Å². The molecule has 1 rings (SSSR count). The van der Waals surface area contributed by atoms with E-state index in [-0.39, 0.29) is 5.97 Å². The number of benzene rings is 1. The maximum absolute atomic E-state index is 11.5. The highest BCUT2D eigenvalue weighted by Gasteiger charge is 2.08. The largest absolute Gasteiger partial charge is 0.462 e. The third-order valence-corrected chi connectivity index (χ3v) is 3.35. The second kappa shape index (κ2) is 7.49. The summed E-state index contributed by atoms with van der Waals surface area (Å²) < 4.78 is 5.96. The third kappa shape index (κ3) is 4.50. The number of esters is 1. The van der Waals surface area contributed by atoms with E-state index in [9.17, 15) is 4.79 Å². The Morgan fingerprint density at radius 3 is 2.65 bits per heavy atom. The first-order valence-corrected chi connectivity index (χ1v) is 6.93. The van der Waals surface area contributed by atoms with Crippen LogP contribution in [-0.4, -0.2) is 12.6 Å². The number of halogens is 1. The molecule has 2 nitrogen and oxygen atoms in total. The Morgan fingerprint density at radius 1 is 1.29 bits per heavy atom. The lowest BCUT2D eigenvalue weighted by Crippen LogP contribution is -2.04. The van der Waals surface area contributed by atoms with Crippen molar-refractivity contribution < 1.29 is 9.53 Å². The summed E-state index contributed by atoms with van der Waals surface area (Å²) in [5.41, 5.74) is 1.87. The van der Waals surface area contributed by atoms with Crippen molar-refractivity contribution in [1.29, 1.82) is 0 Å². The summed E-state index contributed by atoms with van der Waals surface area (Å²) in [6, 6.07) is 5.69. The highest BCUT2D eigenvalue weighted by molar-refractivity contribution is 9.10. The molecule has 0 N–H and O–H groups in total. The van der Waals surface area contributed by atoms with Gasteiger partial charge in [0.1, 0.15) is 0 Å². The molecule has 94 valence electrons. The van der Waals surface area contributed by atoms with Crippen LogP contribution in [0.3, 0.4) is 0 Å². The van der Waals surface area contributed by atoms with Gasteiger partial charge in [-0.15, -0.1) is 0 Å². The van der Waals surface area contributed by atoms with Crippen LogP contribution in [0.5, 0.6) is 0 Å². The fraction of sp³-hybridized carbons (Fsp3) is 0.500. The van der Waals surface area contributed by atoms with E-state index >= 15 is 0 Å². The van der Waals surface area contributed by atoms with E-state index in [0.717, 1.165) is 10.9 Å². The van der Waals surface area contributed by atoms with Gasteiger partial charge in [-0.3, -0.25) is 0 Å². The minimum absolute atomic E-state index is 0.256. The predicted molar refractivity (Wildman–Crippen MR) is 73.3 cm³/mol. The highest BCUT2D eigenvalue weighted by Crippen LogP contribution is 2.21. The number of unbranched alkanes of at least 4 members (excludes halogenated alkanes) is 2. The highest BCUT2D eigenvalue weighted by atomic mass is 79.9. The van der Waals surface area contributed by atoms with E-state index in [1.165, 1.54) is 24.8 Å². The number of ether oxygens (including phenoxy) is 1. The van der Waals surface area contributed by atoms with E-state index in [0.29, 0.717) is 12.2 Å². The first kappa shape index (κ1) is 14.2. The van der Waals surface area contributed by atoms with Crippen molar-refractivity contribution in [1.82, 2.24) is 0 Å². The molecular formula is C14H19BrO2. The summed E-state index contributed by atoms with van der Waals surface area (Å²) in [6.45, 7) is 4.42. The van der Waals surface area contributed by atoms with Gasteiger partial charge >= 0.3 is 5.97 Å². The van der Waals surface area contributed by atoms with E-state index < -0.39 is 0 Å². The van der Waals surface area contributed by atoms with Gasteiger partial charge in [0.25, 0.3) is 0 Å². The van der Waals surface area contributed by atoms with Crippen LogP contribution < -0.4 is 0 Å². The van der Waals surface area contributed by atoms with E-state index in [1.807, 2.05) is 25.1 Å². The molecule has 0 heterocycles. The van der Waals surface area contributed by atoms with Crippen LogP contribution >= 0.6 is 15.9 Å². The van der Waals surface area contributed by atoms with Gasteiger partial charge in [0.2, 0.25) is 0 Å². The minimum atomic E-state index is -0.256. The average Bonchev–Trinajstić information content (AvgIpc) is 2.31.